The van der Waals surface area contributed by atoms with E-state index >= 15 is 0 Å². The maximum absolute atomic E-state index is 9.45. The van der Waals surface area contributed by atoms with E-state index in [1.165, 1.54) is 25.7 Å². The zero-order chi connectivity index (χ0) is 13.0. The maximum atomic E-state index is 9.45. The highest BCUT2D eigenvalue weighted by Crippen LogP contribution is 2.27. The van der Waals surface area contributed by atoms with Gasteiger partial charge in [0.05, 0.1) is 6.07 Å². The number of hydrogen-bond donors (Lipinski definition) is 0. The van der Waals surface area contributed by atoms with Gasteiger partial charge in [-0.15, -0.1) is 0 Å². The highest BCUT2D eigenvalue weighted by molar-refractivity contribution is 6.31. The summed E-state index contributed by atoms with van der Waals surface area (Å²) >= 11 is 6.16. The normalized spacial score (nSPS) is 18.9. The molecule has 1 fully saturated rings. The van der Waals surface area contributed by atoms with Crippen molar-refractivity contribution >= 4 is 11.6 Å². The van der Waals surface area contributed by atoms with Crippen LogP contribution in [-0.2, 0) is 0 Å². The summed E-state index contributed by atoms with van der Waals surface area (Å²) in [4.78, 5) is 2.29. The van der Waals surface area contributed by atoms with Gasteiger partial charge in [0.25, 0.3) is 0 Å². The van der Waals surface area contributed by atoms with Crippen LogP contribution in [0.3, 0.4) is 0 Å². The van der Waals surface area contributed by atoms with Crippen LogP contribution in [0.2, 0.25) is 5.02 Å². The lowest BCUT2D eigenvalue weighted by atomic mass is 10.0. The van der Waals surface area contributed by atoms with Crippen molar-refractivity contribution in [2.75, 3.05) is 13.1 Å². The van der Waals surface area contributed by atoms with Crippen LogP contribution in [0.1, 0.15) is 42.9 Å². The zero-order valence-electron chi connectivity index (χ0n) is 10.8. The smallest absolute Gasteiger partial charge is 0.123 e. The third-order valence-electron chi connectivity index (χ3n) is 3.64. The van der Waals surface area contributed by atoms with Crippen LogP contribution in [0.5, 0.6) is 0 Å². The lowest BCUT2D eigenvalue weighted by Gasteiger charge is -2.25. The fraction of sp³-hybridized carbons (Fsp3) is 0.533. The molecule has 1 heterocycles. The number of likely N-dealkylation sites (tertiary alicyclic amines) is 1. The largest absolute Gasteiger partial charge is 0.284 e. The predicted molar refractivity (Wildman–Crippen MR) is 74.6 cm³/mol. The number of rotatable bonds is 2. The van der Waals surface area contributed by atoms with E-state index in [0.717, 1.165) is 29.2 Å². The molecular weight excluding hydrogens is 244 g/mol. The minimum Gasteiger partial charge on any atom is -0.284 e. The number of nitrogens with zero attached hydrogens (tertiary/aromatic N) is 2. The van der Waals surface area contributed by atoms with Crippen molar-refractivity contribution in [3.63, 3.8) is 0 Å². The number of nitriles is 1. The number of hydrogen-bond acceptors (Lipinski definition) is 2. The van der Waals surface area contributed by atoms with E-state index in [0.29, 0.717) is 0 Å². The van der Waals surface area contributed by atoms with E-state index in [-0.39, 0.29) is 6.04 Å². The van der Waals surface area contributed by atoms with Crippen molar-refractivity contribution in [1.29, 1.82) is 5.26 Å². The number of halogens is 1. The molecule has 1 aromatic carbocycles. The van der Waals surface area contributed by atoms with Gasteiger partial charge in [-0.2, -0.15) is 5.26 Å². The summed E-state index contributed by atoms with van der Waals surface area (Å²) in [6.07, 6.45) is 4.95. The summed E-state index contributed by atoms with van der Waals surface area (Å²) in [6.45, 7) is 4.02. The Morgan fingerprint density at radius 2 is 1.89 bits per heavy atom. The predicted octanol–water partition coefficient (Wildman–Crippen LogP) is 4.09. The molecule has 1 atom stereocenters. The van der Waals surface area contributed by atoms with Crippen LogP contribution in [0.15, 0.2) is 18.2 Å². The molecule has 0 spiro atoms. The average Bonchev–Trinajstić information content (AvgIpc) is 2.64. The van der Waals surface area contributed by atoms with Gasteiger partial charge in [-0.3, -0.25) is 4.90 Å². The molecule has 0 saturated carbocycles. The summed E-state index contributed by atoms with van der Waals surface area (Å²) < 4.78 is 0. The Kier molecular flexibility index (Phi) is 4.63. The topological polar surface area (TPSA) is 27.0 Å². The van der Waals surface area contributed by atoms with Gasteiger partial charge in [0.1, 0.15) is 6.04 Å². The van der Waals surface area contributed by atoms with Crippen molar-refractivity contribution in [2.24, 2.45) is 0 Å². The Morgan fingerprint density at radius 3 is 2.44 bits per heavy atom. The summed E-state index contributed by atoms with van der Waals surface area (Å²) in [5, 5.41) is 10.2. The fourth-order valence-electron chi connectivity index (χ4n) is 2.50. The first-order valence-corrected chi connectivity index (χ1v) is 7.00. The zero-order valence-corrected chi connectivity index (χ0v) is 11.6. The van der Waals surface area contributed by atoms with Gasteiger partial charge in [-0.25, -0.2) is 0 Å². The van der Waals surface area contributed by atoms with E-state index < -0.39 is 0 Å². The Balaban J connectivity index is 2.21. The van der Waals surface area contributed by atoms with E-state index in [1.54, 1.807) is 0 Å². The minimum atomic E-state index is -0.152. The van der Waals surface area contributed by atoms with Crippen LogP contribution < -0.4 is 0 Å². The number of benzene rings is 1. The summed E-state index contributed by atoms with van der Waals surface area (Å²) in [5.74, 6) is 0. The molecule has 1 unspecified atom stereocenters. The standard InChI is InChI=1S/C15H19ClN2/c1-12-6-7-13(10-14(12)16)15(11-17)18-8-4-2-3-5-9-18/h6-7,10,15H,2-5,8-9H2,1H3. The second-order valence-electron chi connectivity index (χ2n) is 4.99. The molecule has 2 rings (SSSR count). The molecule has 1 aliphatic rings. The van der Waals surface area contributed by atoms with Crippen LogP contribution in [0.4, 0.5) is 0 Å². The molecule has 0 radical (unpaired) electrons. The minimum absolute atomic E-state index is 0.152. The highest BCUT2D eigenvalue weighted by Gasteiger charge is 2.21. The Labute approximate surface area is 114 Å². The average molecular weight is 263 g/mol. The van der Waals surface area contributed by atoms with Gasteiger partial charge in [-0.1, -0.05) is 36.6 Å². The van der Waals surface area contributed by atoms with Gasteiger partial charge >= 0.3 is 0 Å². The van der Waals surface area contributed by atoms with Crippen molar-refractivity contribution in [2.45, 2.75) is 38.6 Å². The van der Waals surface area contributed by atoms with Gasteiger partial charge in [0, 0.05) is 5.02 Å². The lowest BCUT2D eigenvalue weighted by Crippen LogP contribution is -2.28. The molecule has 0 amide bonds. The lowest BCUT2D eigenvalue weighted by molar-refractivity contribution is 0.246. The number of aryl methyl sites for hydroxylation is 1. The molecule has 0 bridgehead atoms. The molecule has 2 nitrogen and oxygen atoms in total. The third-order valence-corrected chi connectivity index (χ3v) is 4.05. The molecular formula is C15H19ClN2. The molecule has 1 aliphatic heterocycles. The van der Waals surface area contributed by atoms with E-state index in [2.05, 4.69) is 11.0 Å². The van der Waals surface area contributed by atoms with Gasteiger partial charge in [0.15, 0.2) is 0 Å². The molecule has 0 aliphatic carbocycles. The van der Waals surface area contributed by atoms with Crippen LogP contribution >= 0.6 is 11.6 Å². The summed E-state index contributed by atoms with van der Waals surface area (Å²) in [7, 11) is 0. The first-order chi connectivity index (χ1) is 8.72. The van der Waals surface area contributed by atoms with Crippen molar-refractivity contribution in [1.82, 2.24) is 4.90 Å². The summed E-state index contributed by atoms with van der Waals surface area (Å²) in [6, 6.07) is 8.25. The van der Waals surface area contributed by atoms with Crippen molar-refractivity contribution in [3.8, 4) is 6.07 Å². The molecule has 3 heteroatoms. The monoisotopic (exact) mass is 262 g/mol. The highest BCUT2D eigenvalue weighted by atomic mass is 35.5. The first kappa shape index (κ1) is 13.4. The second kappa shape index (κ2) is 6.22. The molecule has 0 N–H and O–H groups in total. The molecule has 18 heavy (non-hydrogen) atoms. The van der Waals surface area contributed by atoms with Gasteiger partial charge in [-0.05, 0) is 50.0 Å². The van der Waals surface area contributed by atoms with Crippen LogP contribution in [0.25, 0.3) is 0 Å². The quantitative estimate of drug-likeness (QED) is 0.803. The third kappa shape index (κ3) is 3.04. The van der Waals surface area contributed by atoms with E-state index in [1.807, 2.05) is 25.1 Å². The maximum Gasteiger partial charge on any atom is 0.123 e. The molecule has 1 aromatic rings. The SMILES string of the molecule is Cc1ccc(C(C#N)N2CCCCCC2)cc1Cl. The summed E-state index contributed by atoms with van der Waals surface area (Å²) in [5.41, 5.74) is 2.09. The molecule has 96 valence electrons. The van der Waals surface area contributed by atoms with Crippen molar-refractivity contribution < 1.29 is 0 Å². The van der Waals surface area contributed by atoms with Crippen molar-refractivity contribution in [3.05, 3.63) is 34.3 Å². The Morgan fingerprint density at radius 1 is 1.22 bits per heavy atom. The molecule has 0 aromatic heterocycles. The Hall–Kier alpha value is -1.04. The van der Waals surface area contributed by atoms with Crippen LogP contribution in [-0.4, -0.2) is 18.0 Å². The fourth-order valence-corrected chi connectivity index (χ4v) is 2.69. The van der Waals surface area contributed by atoms with E-state index in [9.17, 15) is 5.26 Å². The van der Waals surface area contributed by atoms with Gasteiger partial charge in [0.2, 0.25) is 0 Å². The van der Waals surface area contributed by atoms with E-state index in [4.69, 9.17) is 11.6 Å². The second-order valence-corrected chi connectivity index (χ2v) is 5.40. The first-order valence-electron chi connectivity index (χ1n) is 6.62. The van der Waals surface area contributed by atoms with Gasteiger partial charge < -0.3 is 0 Å². The Bertz CT molecular complexity index is 442. The molecule has 1 saturated heterocycles. The van der Waals surface area contributed by atoms with Crippen LogP contribution in [0, 0.1) is 18.3 Å².